The zero-order valence-corrected chi connectivity index (χ0v) is 10.5. The first-order valence-electron chi connectivity index (χ1n) is 6.53. The fourth-order valence-corrected chi connectivity index (χ4v) is 2.25. The molecule has 1 saturated carbocycles. The van der Waals surface area contributed by atoms with Crippen molar-refractivity contribution in [1.82, 2.24) is 0 Å². The van der Waals surface area contributed by atoms with Crippen LogP contribution in [0.2, 0.25) is 0 Å². The highest BCUT2D eigenvalue weighted by Crippen LogP contribution is 2.23. The average Bonchev–Trinajstić information content (AvgIpc) is 2.74. The average molecular weight is 234 g/mol. The molecule has 17 heavy (non-hydrogen) atoms. The summed E-state index contributed by atoms with van der Waals surface area (Å²) in [6.07, 6.45) is 4.43. The Kier molecular flexibility index (Phi) is 4.26. The molecule has 3 nitrogen and oxygen atoms in total. The first kappa shape index (κ1) is 12.2. The molecule has 1 aliphatic carbocycles. The van der Waals surface area contributed by atoms with E-state index in [-0.39, 0.29) is 0 Å². The molecule has 2 unspecified atom stereocenters. The lowest BCUT2D eigenvalue weighted by atomic mass is 10.2. The second-order valence-electron chi connectivity index (χ2n) is 4.79. The topological polar surface area (TPSA) is 47.3 Å². The fraction of sp³-hybridized carbons (Fsp3) is 0.571. The van der Waals surface area contributed by atoms with Gasteiger partial charge in [0.15, 0.2) is 0 Å². The molecule has 0 radical (unpaired) electrons. The molecule has 3 N–H and O–H groups in total. The Morgan fingerprint density at radius 2 is 2.06 bits per heavy atom. The summed E-state index contributed by atoms with van der Waals surface area (Å²) in [6, 6.07) is 9.11. The van der Waals surface area contributed by atoms with Crippen molar-refractivity contribution in [3.05, 3.63) is 24.3 Å². The van der Waals surface area contributed by atoms with Gasteiger partial charge in [-0.15, -0.1) is 0 Å². The van der Waals surface area contributed by atoms with Gasteiger partial charge >= 0.3 is 0 Å². The Balaban J connectivity index is 1.85. The van der Waals surface area contributed by atoms with Gasteiger partial charge in [0.1, 0.15) is 5.75 Å². The van der Waals surface area contributed by atoms with Crippen LogP contribution in [0.15, 0.2) is 24.3 Å². The van der Waals surface area contributed by atoms with E-state index in [1.165, 1.54) is 6.42 Å². The zero-order chi connectivity index (χ0) is 12.1. The summed E-state index contributed by atoms with van der Waals surface area (Å²) >= 11 is 0. The van der Waals surface area contributed by atoms with Crippen molar-refractivity contribution in [1.29, 1.82) is 0 Å². The quantitative estimate of drug-likeness (QED) is 0.823. The number of rotatable bonds is 5. The molecule has 1 aromatic rings. The van der Waals surface area contributed by atoms with Crippen molar-refractivity contribution in [3.8, 4) is 5.75 Å². The maximum Gasteiger partial charge on any atom is 0.119 e. The van der Waals surface area contributed by atoms with Crippen LogP contribution in [0, 0.1) is 0 Å². The molecule has 0 spiro atoms. The molecule has 0 aliphatic heterocycles. The normalized spacial score (nSPS) is 23.6. The summed E-state index contributed by atoms with van der Waals surface area (Å²) in [5.41, 5.74) is 7.06. The lowest BCUT2D eigenvalue weighted by Gasteiger charge is -2.14. The highest BCUT2D eigenvalue weighted by atomic mass is 16.5. The molecule has 94 valence electrons. The smallest absolute Gasteiger partial charge is 0.119 e. The molecule has 2 rings (SSSR count). The van der Waals surface area contributed by atoms with Crippen LogP contribution in [0.4, 0.5) is 5.69 Å². The van der Waals surface area contributed by atoms with Crippen molar-refractivity contribution >= 4 is 5.69 Å². The summed E-state index contributed by atoms with van der Waals surface area (Å²) in [4.78, 5) is 0. The number of hydrogen-bond donors (Lipinski definition) is 2. The third-order valence-electron chi connectivity index (χ3n) is 3.17. The predicted molar refractivity (Wildman–Crippen MR) is 71.5 cm³/mol. The van der Waals surface area contributed by atoms with E-state index >= 15 is 0 Å². The maximum atomic E-state index is 5.90. The second kappa shape index (κ2) is 5.92. The Hall–Kier alpha value is -1.22. The Labute approximate surface area is 103 Å². The third kappa shape index (κ3) is 3.63. The van der Waals surface area contributed by atoms with Crippen molar-refractivity contribution in [2.24, 2.45) is 5.73 Å². The lowest BCUT2D eigenvalue weighted by Crippen LogP contribution is -2.20. The van der Waals surface area contributed by atoms with Crippen LogP contribution in [-0.2, 0) is 0 Å². The van der Waals surface area contributed by atoms with Crippen LogP contribution in [0.3, 0.4) is 0 Å². The molecule has 1 aromatic carbocycles. The molecule has 2 atom stereocenters. The number of hydrogen-bond acceptors (Lipinski definition) is 3. The minimum absolute atomic E-state index is 0.375. The maximum absolute atomic E-state index is 5.90. The van der Waals surface area contributed by atoms with Crippen LogP contribution in [0.5, 0.6) is 5.75 Å². The summed E-state index contributed by atoms with van der Waals surface area (Å²) in [5, 5.41) is 3.52. The van der Waals surface area contributed by atoms with E-state index in [1.807, 2.05) is 12.1 Å². The standard InChI is InChI=1S/C14H22N2O/c1-2-9-17-14-7-5-12(6-8-14)16-13-4-3-11(15)10-13/h5-8,11,13,16H,2-4,9-10,15H2,1H3. The Morgan fingerprint density at radius 1 is 1.29 bits per heavy atom. The van der Waals surface area contributed by atoms with Crippen molar-refractivity contribution in [3.63, 3.8) is 0 Å². The minimum Gasteiger partial charge on any atom is -0.494 e. The summed E-state index contributed by atoms with van der Waals surface area (Å²) in [6.45, 7) is 2.89. The van der Waals surface area contributed by atoms with E-state index in [0.717, 1.165) is 37.3 Å². The molecular formula is C14H22N2O. The Morgan fingerprint density at radius 3 is 2.65 bits per heavy atom. The minimum atomic E-state index is 0.375. The van der Waals surface area contributed by atoms with Crippen molar-refractivity contribution in [2.45, 2.75) is 44.7 Å². The van der Waals surface area contributed by atoms with Gasteiger partial charge in [-0.2, -0.15) is 0 Å². The van der Waals surface area contributed by atoms with E-state index in [2.05, 4.69) is 24.4 Å². The molecule has 0 bridgehead atoms. The molecule has 3 heteroatoms. The van der Waals surface area contributed by atoms with Gasteiger partial charge in [-0.05, 0) is 49.9 Å². The molecule has 0 aromatic heterocycles. The first-order valence-corrected chi connectivity index (χ1v) is 6.53. The van der Waals surface area contributed by atoms with Gasteiger partial charge < -0.3 is 15.8 Å². The second-order valence-corrected chi connectivity index (χ2v) is 4.79. The van der Waals surface area contributed by atoms with E-state index in [1.54, 1.807) is 0 Å². The number of nitrogens with one attached hydrogen (secondary N) is 1. The van der Waals surface area contributed by atoms with E-state index in [4.69, 9.17) is 10.5 Å². The van der Waals surface area contributed by atoms with Crippen LogP contribution in [0.25, 0.3) is 0 Å². The van der Waals surface area contributed by atoms with Gasteiger partial charge in [0, 0.05) is 17.8 Å². The van der Waals surface area contributed by atoms with Crippen LogP contribution in [-0.4, -0.2) is 18.7 Å². The van der Waals surface area contributed by atoms with E-state index in [9.17, 15) is 0 Å². The molecule has 1 fully saturated rings. The van der Waals surface area contributed by atoms with Gasteiger partial charge in [0.2, 0.25) is 0 Å². The van der Waals surface area contributed by atoms with Gasteiger partial charge in [0.25, 0.3) is 0 Å². The predicted octanol–water partition coefficient (Wildman–Crippen LogP) is 2.77. The summed E-state index contributed by atoms with van der Waals surface area (Å²) in [7, 11) is 0. The number of benzene rings is 1. The zero-order valence-electron chi connectivity index (χ0n) is 10.5. The number of ether oxygens (including phenoxy) is 1. The first-order chi connectivity index (χ1) is 8.28. The highest BCUT2D eigenvalue weighted by molar-refractivity contribution is 5.47. The van der Waals surface area contributed by atoms with Crippen molar-refractivity contribution < 1.29 is 4.74 Å². The molecule has 0 saturated heterocycles. The molecule has 0 amide bonds. The van der Waals surface area contributed by atoms with E-state index < -0.39 is 0 Å². The number of anilines is 1. The van der Waals surface area contributed by atoms with Gasteiger partial charge in [-0.25, -0.2) is 0 Å². The van der Waals surface area contributed by atoms with Gasteiger partial charge in [-0.3, -0.25) is 0 Å². The number of nitrogens with two attached hydrogens (primary N) is 1. The summed E-state index contributed by atoms with van der Waals surface area (Å²) in [5.74, 6) is 0.945. The van der Waals surface area contributed by atoms with E-state index in [0.29, 0.717) is 12.1 Å². The molecular weight excluding hydrogens is 212 g/mol. The van der Waals surface area contributed by atoms with Gasteiger partial charge in [0.05, 0.1) is 6.61 Å². The lowest BCUT2D eigenvalue weighted by molar-refractivity contribution is 0.317. The van der Waals surface area contributed by atoms with Crippen LogP contribution < -0.4 is 15.8 Å². The molecule has 1 aliphatic rings. The van der Waals surface area contributed by atoms with Crippen LogP contribution >= 0.6 is 0 Å². The van der Waals surface area contributed by atoms with Crippen LogP contribution in [0.1, 0.15) is 32.6 Å². The third-order valence-corrected chi connectivity index (χ3v) is 3.17. The SMILES string of the molecule is CCCOc1ccc(NC2CCC(N)C2)cc1. The van der Waals surface area contributed by atoms with Gasteiger partial charge in [-0.1, -0.05) is 6.92 Å². The largest absolute Gasteiger partial charge is 0.494 e. The summed E-state index contributed by atoms with van der Waals surface area (Å²) < 4.78 is 5.55. The molecule has 0 heterocycles. The Bertz CT molecular complexity index is 337. The highest BCUT2D eigenvalue weighted by Gasteiger charge is 2.21. The fourth-order valence-electron chi connectivity index (χ4n) is 2.25. The monoisotopic (exact) mass is 234 g/mol. The van der Waals surface area contributed by atoms with Crippen molar-refractivity contribution in [2.75, 3.05) is 11.9 Å².